The molecule has 18 heavy (non-hydrogen) atoms. The molecule has 0 N–H and O–H groups in total. The topological polar surface area (TPSA) is 85.2 Å². The second kappa shape index (κ2) is 3.31. The minimum atomic E-state index is -3.37. The number of hydrogen-bond donors (Lipinski definition) is 0. The van der Waals surface area contributed by atoms with Crippen molar-refractivity contribution < 1.29 is 13.2 Å². The monoisotopic (exact) mass is 270 g/mol. The number of β-lactam (4-membered cyclic amide) rings is 1. The Bertz CT molecular complexity index is 597. The van der Waals surface area contributed by atoms with E-state index in [9.17, 15) is 13.2 Å². The van der Waals surface area contributed by atoms with Crippen molar-refractivity contribution in [2.45, 2.75) is 43.0 Å². The van der Waals surface area contributed by atoms with Crippen LogP contribution in [-0.2, 0) is 21.2 Å². The summed E-state index contributed by atoms with van der Waals surface area (Å²) in [6, 6.07) is -0.335. The minimum absolute atomic E-state index is 0.0848. The highest BCUT2D eigenvalue weighted by Crippen LogP contribution is 2.46. The number of carbonyl (C=O) groups is 1. The zero-order valence-electron chi connectivity index (χ0n) is 10.1. The van der Waals surface area contributed by atoms with Crippen LogP contribution in [0.5, 0.6) is 0 Å². The molecule has 0 unspecified atom stereocenters. The van der Waals surface area contributed by atoms with Crippen LogP contribution in [0.4, 0.5) is 0 Å². The van der Waals surface area contributed by atoms with Crippen molar-refractivity contribution in [2.75, 3.05) is 0 Å². The van der Waals surface area contributed by atoms with Crippen LogP contribution in [0.15, 0.2) is 12.4 Å². The average molecular weight is 270 g/mol. The Labute approximate surface area is 105 Å². The lowest BCUT2D eigenvalue weighted by molar-refractivity contribution is -0.144. The third-order valence-corrected chi connectivity index (χ3v) is 7.08. The molecule has 0 spiro atoms. The van der Waals surface area contributed by atoms with E-state index in [-0.39, 0.29) is 24.9 Å². The van der Waals surface area contributed by atoms with Crippen molar-refractivity contribution in [3.8, 4) is 0 Å². The van der Waals surface area contributed by atoms with Crippen LogP contribution in [0.3, 0.4) is 0 Å². The highest BCUT2D eigenvalue weighted by molar-refractivity contribution is 7.93. The van der Waals surface area contributed by atoms with Crippen molar-refractivity contribution in [2.24, 2.45) is 0 Å². The van der Waals surface area contributed by atoms with Crippen LogP contribution in [0.25, 0.3) is 0 Å². The van der Waals surface area contributed by atoms with Gasteiger partial charge in [0.2, 0.25) is 5.91 Å². The van der Waals surface area contributed by atoms with E-state index in [1.54, 1.807) is 20.0 Å². The van der Waals surface area contributed by atoms with Gasteiger partial charge in [-0.2, -0.15) is 0 Å². The van der Waals surface area contributed by atoms with Crippen molar-refractivity contribution >= 4 is 15.7 Å². The van der Waals surface area contributed by atoms with Gasteiger partial charge in [-0.3, -0.25) is 9.48 Å². The van der Waals surface area contributed by atoms with Gasteiger partial charge in [-0.25, -0.2) is 8.42 Å². The third-order valence-electron chi connectivity index (χ3n) is 4.20. The first-order valence-corrected chi connectivity index (χ1v) is 7.31. The maximum atomic E-state index is 12.5. The fourth-order valence-corrected chi connectivity index (χ4v) is 5.31. The number of rotatable bonds is 2. The first-order chi connectivity index (χ1) is 8.38. The summed E-state index contributed by atoms with van der Waals surface area (Å²) in [7, 11) is -3.37. The molecule has 1 amide bonds. The van der Waals surface area contributed by atoms with E-state index in [2.05, 4.69) is 10.3 Å². The Balaban J connectivity index is 2.02. The summed E-state index contributed by atoms with van der Waals surface area (Å²) < 4.78 is 25.5. The Morgan fingerprint density at radius 2 is 2.28 bits per heavy atom. The number of fused-ring (bicyclic) bond motifs is 1. The van der Waals surface area contributed by atoms with Crippen molar-refractivity contribution in [3.05, 3.63) is 12.4 Å². The normalized spacial score (nSPS) is 37.4. The van der Waals surface area contributed by atoms with Crippen molar-refractivity contribution in [3.63, 3.8) is 0 Å². The largest absolute Gasteiger partial charge is 0.321 e. The zero-order valence-corrected chi connectivity index (χ0v) is 11.0. The molecule has 0 radical (unpaired) electrons. The summed E-state index contributed by atoms with van der Waals surface area (Å²) in [6.45, 7) is 3.68. The minimum Gasteiger partial charge on any atom is -0.321 e. The summed E-state index contributed by atoms with van der Waals surface area (Å²) in [5.74, 6) is -0.0848. The molecule has 2 fully saturated rings. The highest BCUT2D eigenvalue weighted by atomic mass is 32.2. The van der Waals surface area contributed by atoms with Gasteiger partial charge in [0, 0.05) is 6.20 Å². The first-order valence-electron chi connectivity index (χ1n) is 5.76. The molecule has 0 aliphatic carbocycles. The fraction of sp³-hybridized carbons (Fsp3) is 0.700. The quantitative estimate of drug-likeness (QED) is 0.671. The summed E-state index contributed by atoms with van der Waals surface area (Å²) in [5.41, 5.74) is 0. The molecule has 2 saturated heterocycles. The molecule has 2 aliphatic heterocycles. The number of carbonyl (C=O) groups excluding carboxylic acids is 1. The molecule has 1 aromatic rings. The highest BCUT2D eigenvalue weighted by Gasteiger charge is 2.65. The fourth-order valence-electron chi connectivity index (χ4n) is 2.83. The SMILES string of the molecule is C[C@@H]1N2C(=O)C[C@H]2S(=O)(=O)[C@@]1(C)Cn1ccnn1. The second-order valence-corrected chi connectivity index (χ2v) is 7.66. The van der Waals surface area contributed by atoms with Crippen LogP contribution in [0, 0.1) is 0 Å². The van der Waals surface area contributed by atoms with E-state index >= 15 is 0 Å². The van der Waals surface area contributed by atoms with Crippen molar-refractivity contribution in [1.29, 1.82) is 0 Å². The van der Waals surface area contributed by atoms with Gasteiger partial charge < -0.3 is 4.90 Å². The first kappa shape index (κ1) is 11.6. The number of sulfone groups is 1. The summed E-state index contributed by atoms with van der Waals surface area (Å²) in [5, 5.41) is 6.84. The molecular weight excluding hydrogens is 256 g/mol. The molecule has 0 bridgehead atoms. The maximum absolute atomic E-state index is 12.5. The zero-order chi connectivity index (χ0) is 13.1. The molecule has 2 aliphatic rings. The van der Waals surface area contributed by atoms with Crippen LogP contribution < -0.4 is 0 Å². The predicted octanol–water partition coefficient (Wildman–Crippen LogP) is -0.588. The van der Waals surface area contributed by atoms with Crippen LogP contribution in [0.1, 0.15) is 20.3 Å². The summed E-state index contributed by atoms with van der Waals surface area (Å²) in [4.78, 5) is 13.0. The van der Waals surface area contributed by atoms with Crippen LogP contribution >= 0.6 is 0 Å². The van der Waals surface area contributed by atoms with E-state index in [0.717, 1.165) is 0 Å². The second-order valence-electron chi connectivity index (χ2n) is 5.09. The summed E-state index contributed by atoms with van der Waals surface area (Å²) in [6.07, 6.45) is 3.25. The Kier molecular flexibility index (Phi) is 2.14. The molecule has 98 valence electrons. The summed E-state index contributed by atoms with van der Waals surface area (Å²) >= 11 is 0. The lowest BCUT2D eigenvalue weighted by Gasteiger charge is -2.36. The number of aromatic nitrogens is 3. The van der Waals surface area contributed by atoms with Gasteiger partial charge in [-0.15, -0.1) is 5.10 Å². The van der Waals surface area contributed by atoms with Gasteiger partial charge in [0.25, 0.3) is 0 Å². The van der Waals surface area contributed by atoms with Crippen LogP contribution in [0.2, 0.25) is 0 Å². The Hall–Kier alpha value is -1.44. The van der Waals surface area contributed by atoms with E-state index in [1.165, 1.54) is 15.8 Å². The Morgan fingerprint density at radius 3 is 2.78 bits per heavy atom. The number of hydrogen-bond acceptors (Lipinski definition) is 5. The lowest BCUT2D eigenvalue weighted by Crippen LogP contribution is -2.53. The smallest absolute Gasteiger partial charge is 0.227 e. The molecule has 0 saturated carbocycles. The van der Waals surface area contributed by atoms with Gasteiger partial charge >= 0.3 is 0 Å². The molecule has 1 aromatic heterocycles. The van der Waals surface area contributed by atoms with E-state index in [0.29, 0.717) is 0 Å². The van der Waals surface area contributed by atoms with Crippen LogP contribution in [-0.4, -0.2) is 50.4 Å². The number of nitrogens with zero attached hydrogens (tertiary/aromatic N) is 4. The van der Waals surface area contributed by atoms with Gasteiger partial charge in [0.15, 0.2) is 9.84 Å². The lowest BCUT2D eigenvalue weighted by atomic mass is 9.98. The standard InChI is InChI=1S/C10H14N4O3S/c1-7-10(2,6-13-4-3-11-12-13)18(16,17)9-5-8(15)14(7)9/h3-4,7,9H,5-6H2,1-2H3/t7-,9+,10-/m0/s1. The molecule has 3 atom stereocenters. The molecule has 8 heteroatoms. The molecule has 0 aromatic carbocycles. The third kappa shape index (κ3) is 1.18. The van der Waals surface area contributed by atoms with Gasteiger partial charge in [0.1, 0.15) is 10.1 Å². The van der Waals surface area contributed by atoms with E-state index < -0.39 is 20.0 Å². The van der Waals surface area contributed by atoms with E-state index in [4.69, 9.17) is 0 Å². The van der Waals surface area contributed by atoms with Gasteiger partial charge in [0.05, 0.1) is 25.2 Å². The van der Waals surface area contributed by atoms with Crippen molar-refractivity contribution in [1.82, 2.24) is 19.9 Å². The average Bonchev–Trinajstić information content (AvgIpc) is 2.80. The molecule has 7 nitrogen and oxygen atoms in total. The maximum Gasteiger partial charge on any atom is 0.227 e. The van der Waals surface area contributed by atoms with Gasteiger partial charge in [-0.05, 0) is 13.8 Å². The molecular formula is C10H14N4O3S. The Morgan fingerprint density at radius 1 is 1.56 bits per heavy atom. The van der Waals surface area contributed by atoms with E-state index in [1.807, 2.05) is 0 Å². The molecule has 3 heterocycles. The number of amides is 1. The van der Waals surface area contributed by atoms with Gasteiger partial charge in [-0.1, -0.05) is 5.21 Å². The predicted molar refractivity (Wildman–Crippen MR) is 62.1 cm³/mol. The molecule has 3 rings (SSSR count).